The number of rotatable bonds is 6. The van der Waals surface area contributed by atoms with Crippen molar-refractivity contribution in [3.05, 3.63) is 90.3 Å². The zero-order chi connectivity index (χ0) is 20.8. The number of carbonyl (C=O) groups excluding carboxylic acids is 1. The number of likely N-dealkylation sites (tertiary alicyclic amines) is 1. The van der Waals surface area contributed by atoms with E-state index in [9.17, 15) is 4.79 Å². The summed E-state index contributed by atoms with van der Waals surface area (Å²) in [6.07, 6.45) is 4.51. The molecule has 1 aliphatic rings. The molecule has 2 heterocycles. The van der Waals surface area contributed by atoms with Crippen molar-refractivity contribution in [1.29, 1.82) is 0 Å². The first-order chi connectivity index (χ1) is 14.7. The first-order valence-electron chi connectivity index (χ1n) is 10.7. The summed E-state index contributed by atoms with van der Waals surface area (Å²) in [5.74, 6) is 0.139. The Hall–Kier alpha value is -2.98. The molecule has 1 amide bonds. The second kappa shape index (κ2) is 9.23. The average molecular weight is 400 g/mol. The molecule has 0 spiro atoms. The van der Waals surface area contributed by atoms with E-state index in [0.717, 1.165) is 44.6 Å². The molecule has 4 heteroatoms. The molecule has 1 fully saturated rings. The first-order valence-corrected chi connectivity index (χ1v) is 10.7. The lowest BCUT2D eigenvalue weighted by atomic mass is 9.74. The zero-order valence-electron chi connectivity index (χ0n) is 17.6. The van der Waals surface area contributed by atoms with Crippen molar-refractivity contribution in [1.82, 2.24) is 15.2 Å². The average Bonchev–Trinajstić information content (AvgIpc) is 2.80. The predicted molar refractivity (Wildman–Crippen MR) is 121 cm³/mol. The van der Waals surface area contributed by atoms with Gasteiger partial charge in [0.15, 0.2) is 0 Å². The van der Waals surface area contributed by atoms with Crippen molar-refractivity contribution in [3.8, 4) is 11.1 Å². The molecular formula is C26H29N3O. The van der Waals surface area contributed by atoms with Crippen LogP contribution in [-0.2, 0) is 17.8 Å². The van der Waals surface area contributed by atoms with Gasteiger partial charge in [-0.15, -0.1) is 0 Å². The summed E-state index contributed by atoms with van der Waals surface area (Å²) < 4.78 is 0. The SMILES string of the molecule is CNC(=O)C1(Cc2ccc(-c3ccccc3)cc2)CCCN(Cc2ccccn2)C1. The molecule has 1 saturated heterocycles. The van der Waals surface area contributed by atoms with Crippen LogP contribution in [0.15, 0.2) is 79.0 Å². The highest BCUT2D eigenvalue weighted by molar-refractivity contribution is 5.83. The van der Waals surface area contributed by atoms with Gasteiger partial charge in [-0.1, -0.05) is 60.7 Å². The Morgan fingerprint density at radius 2 is 1.73 bits per heavy atom. The maximum atomic E-state index is 13.0. The van der Waals surface area contributed by atoms with Crippen LogP contribution >= 0.6 is 0 Å². The van der Waals surface area contributed by atoms with Crippen molar-refractivity contribution in [2.75, 3.05) is 20.1 Å². The summed E-state index contributed by atoms with van der Waals surface area (Å²) in [5, 5.41) is 2.94. The molecule has 3 aromatic rings. The van der Waals surface area contributed by atoms with Crippen LogP contribution in [0.3, 0.4) is 0 Å². The van der Waals surface area contributed by atoms with Crippen LogP contribution in [-0.4, -0.2) is 35.9 Å². The number of nitrogens with one attached hydrogen (secondary N) is 1. The third-order valence-corrected chi connectivity index (χ3v) is 6.08. The lowest BCUT2D eigenvalue weighted by molar-refractivity contribution is -0.134. The first kappa shape index (κ1) is 20.3. The number of benzene rings is 2. The maximum Gasteiger partial charge on any atom is 0.227 e. The monoisotopic (exact) mass is 399 g/mol. The fourth-order valence-corrected chi connectivity index (χ4v) is 4.59. The van der Waals surface area contributed by atoms with Crippen molar-refractivity contribution in [3.63, 3.8) is 0 Å². The third-order valence-electron chi connectivity index (χ3n) is 6.08. The highest BCUT2D eigenvalue weighted by Gasteiger charge is 2.41. The van der Waals surface area contributed by atoms with Crippen LogP contribution in [0.1, 0.15) is 24.1 Å². The largest absolute Gasteiger partial charge is 0.359 e. The molecule has 30 heavy (non-hydrogen) atoms. The highest BCUT2D eigenvalue weighted by Crippen LogP contribution is 2.35. The minimum atomic E-state index is -0.407. The lowest BCUT2D eigenvalue weighted by Gasteiger charge is -2.41. The van der Waals surface area contributed by atoms with Crippen molar-refractivity contribution in [2.24, 2.45) is 5.41 Å². The van der Waals surface area contributed by atoms with Crippen molar-refractivity contribution >= 4 is 5.91 Å². The van der Waals surface area contributed by atoms with E-state index < -0.39 is 5.41 Å². The maximum absolute atomic E-state index is 13.0. The molecule has 0 radical (unpaired) electrons. The van der Waals surface area contributed by atoms with E-state index in [1.165, 1.54) is 16.7 Å². The van der Waals surface area contributed by atoms with E-state index in [1.807, 2.05) is 24.4 Å². The van der Waals surface area contributed by atoms with E-state index >= 15 is 0 Å². The predicted octanol–water partition coefficient (Wildman–Crippen LogP) is 4.32. The second-order valence-electron chi connectivity index (χ2n) is 8.23. The van der Waals surface area contributed by atoms with Gasteiger partial charge in [0.25, 0.3) is 0 Å². The molecule has 0 bridgehead atoms. The van der Waals surface area contributed by atoms with Crippen LogP contribution in [0.5, 0.6) is 0 Å². The van der Waals surface area contributed by atoms with E-state index in [1.54, 1.807) is 7.05 Å². The molecule has 2 aromatic carbocycles. The fourth-order valence-electron chi connectivity index (χ4n) is 4.59. The molecule has 4 rings (SSSR count). The van der Waals surface area contributed by atoms with Gasteiger partial charge in [-0.25, -0.2) is 0 Å². The van der Waals surface area contributed by atoms with Crippen molar-refractivity contribution in [2.45, 2.75) is 25.8 Å². The number of amides is 1. The van der Waals surface area contributed by atoms with Crippen LogP contribution in [0.25, 0.3) is 11.1 Å². The van der Waals surface area contributed by atoms with Crippen LogP contribution in [0, 0.1) is 5.41 Å². The molecule has 4 nitrogen and oxygen atoms in total. The van der Waals surface area contributed by atoms with Gasteiger partial charge in [0.1, 0.15) is 0 Å². The number of nitrogens with zero attached hydrogens (tertiary/aromatic N) is 2. The normalized spacial score (nSPS) is 19.4. The summed E-state index contributed by atoms with van der Waals surface area (Å²) in [4.78, 5) is 19.9. The number of aromatic nitrogens is 1. The number of carbonyl (C=O) groups is 1. The van der Waals surface area contributed by atoms with Gasteiger partial charge in [0, 0.05) is 26.3 Å². The van der Waals surface area contributed by atoms with Gasteiger partial charge in [-0.2, -0.15) is 0 Å². The molecule has 154 valence electrons. The standard InChI is InChI=1S/C26H29N3O/c1-27-25(30)26(15-7-17-29(20-26)19-24-10-5-6-16-28-24)18-21-11-13-23(14-12-21)22-8-3-2-4-9-22/h2-6,8-14,16H,7,15,17-20H2,1H3,(H,27,30). The Morgan fingerprint density at radius 1 is 1.00 bits per heavy atom. The van der Waals surface area contributed by atoms with Crippen molar-refractivity contribution < 1.29 is 4.79 Å². The zero-order valence-corrected chi connectivity index (χ0v) is 17.6. The Balaban J connectivity index is 1.52. The van der Waals surface area contributed by atoms with E-state index in [0.29, 0.717) is 0 Å². The fraction of sp³-hybridized carbons (Fsp3) is 0.308. The minimum absolute atomic E-state index is 0.139. The van der Waals surface area contributed by atoms with E-state index in [2.05, 4.69) is 69.8 Å². The topological polar surface area (TPSA) is 45.2 Å². The van der Waals surface area contributed by atoms with Gasteiger partial charge < -0.3 is 5.32 Å². The Kier molecular flexibility index (Phi) is 6.24. The summed E-state index contributed by atoms with van der Waals surface area (Å²) in [7, 11) is 1.75. The third kappa shape index (κ3) is 4.60. The number of hydrogen-bond acceptors (Lipinski definition) is 3. The Morgan fingerprint density at radius 3 is 2.43 bits per heavy atom. The Labute approximate surface area is 179 Å². The number of piperidine rings is 1. The molecule has 1 atom stereocenters. The molecular weight excluding hydrogens is 370 g/mol. The van der Waals surface area contributed by atoms with Gasteiger partial charge in [-0.3, -0.25) is 14.7 Å². The van der Waals surface area contributed by atoms with Gasteiger partial charge in [0.2, 0.25) is 5.91 Å². The van der Waals surface area contributed by atoms with E-state index in [4.69, 9.17) is 0 Å². The molecule has 0 aliphatic carbocycles. The van der Waals surface area contributed by atoms with Crippen LogP contribution in [0.4, 0.5) is 0 Å². The van der Waals surface area contributed by atoms with Gasteiger partial charge in [0.05, 0.1) is 11.1 Å². The van der Waals surface area contributed by atoms with E-state index in [-0.39, 0.29) is 5.91 Å². The van der Waals surface area contributed by atoms with Gasteiger partial charge >= 0.3 is 0 Å². The summed E-state index contributed by atoms with van der Waals surface area (Å²) >= 11 is 0. The minimum Gasteiger partial charge on any atom is -0.359 e. The quantitative estimate of drug-likeness (QED) is 0.671. The highest BCUT2D eigenvalue weighted by atomic mass is 16.2. The number of hydrogen-bond donors (Lipinski definition) is 1. The molecule has 1 unspecified atom stereocenters. The van der Waals surface area contributed by atoms with Crippen LogP contribution < -0.4 is 5.32 Å². The smallest absolute Gasteiger partial charge is 0.227 e. The summed E-state index contributed by atoms with van der Waals surface area (Å²) in [5.41, 5.74) is 4.27. The van der Waals surface area contributed by atoms with Gasteiger partial charge in [-0.05, 0) is 54.6 Å². The number of pyridine rings is 1. The Bertz CT molecular complexity index is 957. The lowest BCUT2D eigenvalue weighted by Crippen LogP contribution is -2.52. The second-order valence-corrected chi connectivity index (χ2v) is 8.23. The molecule has 1 aliphatic heterocycles. The molecule has 1 N–H and O–H groups in total. The summed E-state index contributed by atoms with van der Waals surface area (Å²) in [6.45, 7) is 2.54. The van der Waals surface area contributed by atoms with Crippen LogP contribution in [0.2, 0.25) is 0 Å². The summed E-state index contributed by atoms with van der Waals surface area (Å²) in [6, 6.07) is 25.1. The molecule has 1 aromatic heterocycles. The molecule has 0 saturated carbocycles.